The molecule has 1 saturated carbocycles. The van der Waals surface area contributed by atoms with E-state index < -0.39 is 12.1 Å². The molecule has 1 N–H and O–H groups in total. The van der Waals surface area contributed by atoms with Crippen molar-refractivity contribution in [2.75, 3.05) is 6.54 Å². The van der Waals surface area contributed by atoms with E-state index in [1.54, 1.807) is 0 Å². The molecular formula is C12H22F3N. The van der Waals surface area contributed by atoms with Crippen molar-refractivity contribution < 1.29 is 13.2 Å². The molecule has 3 unspecified atom stereocenters. The third-order valence-corrected chi connectivity index (χ3v) is 3.66. The van der Waals surface area contributed by atoms with E-state index in [1.165, 1.54) is 0 Å². The molecule has 1 fully saturated rings. The van der Waals surface area contributed by atoms with Gasteiger partial charge in [-0.1, -0.05) is 26.7 Å². The van der Waals surface area contributed by atoms with E-state index >= 15 is 0 Å². The van der Waals surface area contributed by atoms with Crippen LogP contribution in [0.4, 0.5) is 13.2 Å². The van der Waals surface area contributed by atoms with Crippen LogP contribution in [0, 0.1) is 11.8 Å². The minimum absolute atomic E-state index is 0.0249. The van der Waals surface area contributed by atoms with Crippen molar-refractivity contribution in [2.45, 2.75) is 58.2 Å². The van der Waals surface area contributed by atoms with E-state index in [4.69, 9.17) is 0 Å². The monoisotopic (exact) mass is 237 g/mol. The van der Waals surface area contributed by atoms with Gasteiger partial charge >= 0.3 is 6.18 Å². The van der Waals surface area contributed by atoms with Crippen molar-refractivity contribution in [3.05, 3.63) is 0 Å². The average Bonchev–Trinajstić information content (AvgIpc) is 2.25. The molecule has 0 radical (unpaired) electrons. The molecule has 16 heavy (non-hydrogen) atoms. The van der Waals surface area contributed by atoms with E-state index in [0.717, 1.165) is 32.2 Å². The van der Waals surface area contributed by atoms with Gasteiger partial charge in [-0.2, -0.15) is 13.2 Å². The highest BCUT2D eigenvalue weighted by Crippen LogP contribution is 2.43. The minimum Gasteiger partial charge on any atom is -0.314 e. The van der Waals surface area contributed by atoms with Gasteiger partial charge in [0.25, 0.3) is 0 Å². The topological polar surface area (TPSA) is 12.0 Å². The van der Waals surface area contributed by atoms with E-state index in [-0.39, 0.29) is 12.0 Å². The van der Waals surface area contributed by atoms with Crippen LogP contribution >= 0.6 is 0 Å². The molecule has 3 atom stereocenters. The smallest absolute Gasteiger partial charge is 0.314 e. The van der Waals surface area contributed by atoms with Gasteiger partial charge in [-0.05, 0) is 31.7 Å². The molecule has 4 heteroatoms. The summed E-state index contributed by atoms with van der Waals surface area (Å²) in [7, 11) is 0. The first-order valence-electron chi connectivity index (χ1n) is 6.30. The summed E-state index contributed by atoms with van der Waals surface area (Å²) < 4.78 is 38.7. The van der Waals surface area contributed by atoms with Crippen molar-refractivity contribution >= 4 is 0 Å². The lowest BCUT2D eigenvalue weighted by atomic mass is 9.74. The maximum Gasteiger partial charge on any atom is 0.392 e. The number of halogens is 3. The Morgan fingerprint density at radius 3 is 2.31 bits per heavy atom. The molecule has 0 heterocycles. The summed E-state index contributed by atoms with van der Waals surface area (Å²) in [6, 6.07) is 0.0249. The normalized spacial score (nSPS) is 29.1. The van der Waals surface area contributed by atoms with Crippen LogP contribution in [-0.4, -0.2) is 18.8 Å². The maximum atomic E-state index is 12.9. The van der Waals surface area contributed by atoms with E-state index in [0.29, 0.717) is 6.42 Å². The molecule has 1 rings (SSSR count). The second-order valence-corrected chi connectivity index (χ2v) is 4.67. The van der Waals surface area contributed by atoms with Crippen molar-refractivity contribution in [1.82, 2.24) is 5.32 Å². The number of hydrogen-bond donors (Lipinski definition) is 1. The summed E-state index contributed by atoms with van der Waals surface area (Å²) in [4.78, 5) is 0. The third-order valence-electron chi connectivity index (χ3n) is 3.66. The fourth-order valence-electron chi connectivity index (χ4n) is 2.91. The Balaban J connectivity index is 2.72. The van der Waals surface area contributed by atoms with Gasteiger partial charge in [0, 0.05) is 6.04 Å². The minimum atomic E-state index is -4.02. The second-order valence-electron chi connectivity index (χ2n) is 4.67. The SMILES string of the molecule is CCNC(CC)C1CCCCC1C(F)(F)F. The van der Waals surface area contributed by atoms with Crippen LogP contribution in [0.1, 0.15) is 46.0 Å². The van der Waals surface area contributed by atoms with Crippen LogP contribution in [0.15, 0.2) is 0 Å². The Hall–Kier alpha value is -0.250. The van der Waals surface area contributed by atoms with Crippen LogP contribution < -0.4 is 5.32 Å². The standard InChI is InChI=1S/C12H22F3N/c1-3-11(16-4-2)9-7-5-6-8-10(9)12(13,14)15/h9-11,16H,3-8H2,1-2H3. The molecule has 1 aliphatic carbocycles. The van der Waals surface area contributed by atoms with Gasteiger partial charge in [-0.25, -0.2) is 0 Å². The van der Waals surface area contributed by atoms with Crippen molar-refractivity contribution in [3.8, 4) is 0 Å². The van der Waals surface area contributed by atoms with Gasteiger partial charge in [0.15, 0.2) is 0 Å². The third kappa shape index (κ3) is 3.37. The van der Waals surface area contributed by atoms with Crippen LogP contribution in [0.25, 0.3) is 0 Å². The fourth-order valence-corrected chi connectivity index (χ4v) is 2.91. The van der Waals surface area contributed by atoms with Gasteiger partial charge < -0.3 is 5.32 Å². The van der Waals surface area contributed by atoms with Gasteiger partial charge in [-0.3, -0.25) is 0 Å². The first-order chi connectivity index (χ1) is 7.50. The van der Waals surface area contributed by atoms with Gasteiger partial charge in [-0.15, -0.1) is 0 Å². The summed E-state index contributed by atoms with van der Waals surface area (Å²) in [5, 5.41) is 3.20. The first-order valence-corrected chi connectivity index (χ1v) is 6.30. The number of alkyl halides is 3. The summed E-state index contributed by atoms with van der Waals surface area (Å²) in [6.07, 6.45) is -0.535. The van der Waals surface area contributed by atoms with Crippen molar-refractivity contribution in [3.63, 3.8) is 0 Å². The zero-order chi connectivity index (χ0) is 12.2. The lowest BCUT2D eigenvalue weighted by Crippen LogP contribution is -2.45. The largest absolute Gasteiger partial charge is 0.392 e. The molecule has 0 aliphatic heterocycles. The van der Waals surface area contributed by atoms with Gasteiger partial charge in [0.05, 0.1) is 5.92 Å². The fraction of sp³-hybridized carbons (Fsp3) is 1.00. The molecule has 0 bridgehead atoms. The Labute approximate surface area is 95.8 Å². The van der Waals surface area contributed by atoms with E-state index in [2.05, 4.69) is 5.32 Å². The van der Waals surface area contributed by atoms with Crippen LogP contribution in [-0.2, 0) is 0 Å². The Morgan fingerprint density at radius 1 is 1.19 bits per heavy atom. The molecule has 0 amide bonds. The van der Waals surface area contributed by atoms with Crippen LogP contribution in [0.2, 0.25) is 0 Å². The molecule has 0 saturated heterocycles. The van der Waals surface area contributed by atoms with E-state index in [1.807, 2.05) is 13.8 Å². The molecule has 0 aromatic rings. The molecule has 1 aliphatic rings. The lowest BCUT2D eigenvalue weighted by molar-refractivity contribution is -0.199. The van der Waals surface area contributed by atoms with Gasteiger partial charge in [0.1, 0.15) is 0 Å². The molecular weight excluding hydrogens is 215 g/mol. The highest BCUT2D eigenvalue weighted by molar-refractivity contribution is 4.87. The molecule has 96 valence electrons. The molecule has 0 spiro atoms. The Kier molecular flexibility index (Phi) is 5.09. The Bertz CT molecular complexity index is 203. The summed E-state index contributed by atoms with van der Waals surface area (Å²) in [5.41, 5.74) is 0. The molecule has 1 nitrogen and oxygen atoms in total. The number of rotatable bonds is 4. The molecule has 0 aromatic carbocycles. The predicted octanol–water partition coefficient (Wildman–Crippen LogP) is 3.74. The zero-order valence-corrected chi connectivity index (χ0v) is 10.1. The van der Waals surface area contributed by atoms with Gasteiger partial charge in [0.2, 0.25) is 0 Å². The van der Waals surface area contributed by atoms with Crippen molar-refractivity contribution in [1.29, 1.82) is 0 Å². The summed E-state index contributed by atoms with van der Waals surface area (Å²) in [6.45, 7) is 4.67. The van der Waals surface area contributed by atoms with Crippen LogP contribution in [0.3, 0.4) is 0 Å². The summed E-state index contributed by atoms with van der Waals surface area (Å²) >= 11 is 0. The summed E-state index contributed by atoms with van der Waals surface area (Å²) in [5.74, 6) is -1.32. The highest BCUT2D eigenvalue weighted by atomic mass is 19.4. The number of nitrogens with one attached hydrogen (secondary N) is 1. The quantitative estimate of drug-likeness (QED) is 0.785. The zero-order valence-electron chi connectivity index (χ0n) is 10.1. The maximum absolute atomic E-state index is 12.9. The second kappa shape index (κ2) is 5.89. The highest BCUT2D eigenvalue weighted by Gasteiger charge is 2.47. The lowest BCUT2D eigenvalue weighted by Gasteiger charge is -2.38. The van der Waals surface area contributed by atoms with E-state index in [9.17, 15) is 13.2 Å². The van der Waals surface area contributed by atoms with Crippen molar-refractivity contribution in [2.24, 2.45) is 11.8 Å². The Morgan fingerprint density at radius 2 is 1.81 bits per heavy atom. The first kappa shape index (κ1) is 13.8. The molecule has 0 aromatic heterocycles. The average molecular weight is 237 g/mol. The number of hydrogen-bond acceptors (Lipinski definition) is 1. The predicted molar refractivity (Wildman–Crippen MR) is 59.3 cm³/mol. The van der Waals surface area contributed by atoms with Crippen LogP contribution in [0.5, 0.6) is 0 Å².